The number of carbonyl (C=O) groups excluding carboxylic acids is 1. The zero-order chi connectivity index (χ0) is 11.3. The molecule has 2 N–H and O–H groups in total. The van der Waals surface area contributed by atoms with Crippen LogP contribution in [0.15, 0.2) is 0 Å². The first kappa shape index (κ1) is 19.3. The molecule has 2 unspecified atom stereocenters. The second-order valence-corrected chi connectivity index (χ2v) is 4.60. The Hall–Kier alpha value is -0.0300. The van der Waals surface area contributed by atoms with Crippen LogP contribution in [-0.2, 0) is 4.79 Å². The summed E-state index contributed by atoms with van der Waals surface area (Å²) in [5.41, 5.74) is 0. The standard InChI is InChI=1S/C11H23N3O.2ClH/c1-9(14(2)3)7-13-11(15)10-5-4-6-12-8-10;;/h9-10,12H,4-8H2,1-3H3,(H,13,15);2*1H. The van der Waals surface area contributed by atoms with Crippen molar-refractivity contribution >= 4 is 30.7 Å². The van der Waals surface area contributed by atoms with Crippen molar-refractivity contribution in [2.45, 2.75) is 25.8 Å². The summed E-state index contributed by atoms with van der Waals surface area (Å²) in [5, 5.41) is 6.27. The van der Waals surface area contributed by atoms with E-state index in [1.54, 1.807) is 0 Å². The minimum atomic E-state index is 0. The Morgan fingerprint density at radius 3 is 2.59 bits per heavy atom. The third-order valence-corrected chi connectivity index (χ3v) is 3.12. The highest BCUT2D eigenvalue weighted by Crippen LogP contribution is 2.09. The van der Waals surface area contributed by atoms with Crippen molar-refractivity contribution in [3.8, 4) is 0 Å². The molecule has 0 spiro atoms. The van der Waals surface area contributed by atoms with Crippen molar-refractivity contribution in [2.24, 2.45) is 5.92 Å². The summed E-state index contributed by atoms with van der Waals surface area (Å²) in [5.74, 6) is 0.379. The summed E-state index contributed by atoms with van der Waals surface area (Å²) in [6.07, 6.45) is 2.14. The molecule has 17 heavy (non-hydrogen) atoms. The summed E-state index contributed by atoms with van der Waals surface area (Å²) in [4.78, 5) is 13.9. The van der Waals surface area contributed by atoms with Crippen LogP contribution in [0.2, 0.25) is 0 Å². The molecule has 0 saturated carbocycles. The van der Waals surface area contributed by atoms with Gasteiger partial charge in [0.05, 0.1) is 5.92 Å². The molecule has 1 fully saturated rings. The number of nitrogens with one attached hydrogen (secondary N) is 2. The van der Waals surface area contributed by atoms with E-state index in [0.29, 0.717) is 6.04 Å². The van der Waals surface area contributed by atoms with Crippen LogP contribution in [0.5, 0.6) is 0 Å². The number of carbonyl (C=O) groups is 1. The highest BCUT2D eigenvalue weighted by atomic mass is 35.5. The average Bonchev–Trinajstić information content (AvgIpc) is 2.26. The van der Waals surface area contributed by atoms with E-state index >= 15 is 0 Å². The third kappa shape index (κ3) is 7.09. The van der Waals surface area contributed by atoms with Crippen LogP contribution in [0.4, 0.5) is 0 Å². The molecule has 104 valence electrons. The van der Waals surface area contributed by atoms with Gasteiger partial charge in [0.25, 0.3) is 0 Å². The fourth-order valence-corrected chi connectivity index (χ4v) is 1.65. The Morgan fingerprint density at radius 2 is 2.12 bits per heavy atom. The molecular weight excluding hydrogens is 261 g/mol. The van der Waals surface area contributed by atoms with Crippen molar-refractivity contribution in [3.63, 3.8) is 0 Å². The smallest absolute Gasteiger partial charge is 0.224 e. The lowest BCUT2D eigenvalue weighted by Crippen LogP contribution is -2.44. The van der Waals surface area contributed by atoms with E-state index in [4.69, 9.17) is 0 Å². The molecule has 1 heterocycles. The van der Waals surface area contributed by atoms with E-state index in [1.165, 1.54) is 0 Å². The van der Waals surface area contributed by atoms with Gasteiger partial charge in [0.15, 0.2) is 0 Å². The average molecular weight is 286 g/mol. The first-order valence-electron chi connectivity index (χ1n) is 5.76. The molecule has 1 amide bonds. The molecule has 1 aliphatic heterocycles. The van der Waals surface area contributed by atoms with E-state index < -0.39 is 0 Å². The topological polar surface area (TPSA) is 44.4 Å². The number of nitrogens with zero attached hydrogens (tertiary/aromatic N) is 1. The van der Waals surface area contributed by atoms with Crippen LogP contribution in [-0.4, -0.2) is 50.6 Å². The summed E-state index contributed by atoms with van der Waals surface area (Å²) in [6.45, 7) is 4.74. The summed E-state index contributed by atoms with van der Waals surface area (Å²) < 4.78 is 0. The highest BCUT2D eigenvalue weighted by molar-refractivity contribution is 5.85. The molecule has 4 nitrogen and oxygen atoms in total. The van der Waals surface area contributed by atoms with Gasteiger partial charge in [-0.15, -0.1) is 24.8 Å². The molecular formula is C11H25Cl2N3O. The first-order chi connectivity index (χ1) is 7.11. The lowest BCUT2D eigenvalue weighted by Gasteiger charge is -2.24. The fourth-order valence-electron chi connectivity index (χ4n) is 1.65. The van der Waals surface area contributed by atoms with Crippen LogP contribution < -0.4 is 10.6 Å². The Kier molecular flexibility index (Phi) is 11.3. The number of likely N-dealkylation sites (N-methyl/N-ethyl adjacent to an activating group) is 1. The molecule has 6 heteroatoms. The number of halogens is 2. The predicted molar refractivity (Wildman–Crippen MR) is 76.2 cm³/mol. The van der Waals surface area contributed by atoms with Gasteiger partial charge in [0, 0.05) is 19.1 Å². The van der Waals surface area contributed by atoms with Crippen molar-refractivity contribution in [1.29, 1.82) is 0 Å². The highest BCUT2D eigenvalue weighted by Gasteiger charge is 2.20. The third-order valence-electron chi connectivity index (χ3n) is 3.12. The zero-order valence-electron chi connectivity index (χ0n) is 10.9. The fraction of sp³-hybridized carbons (Fsp3) is 0.909. The molecule has 0 aromatic rings. The molecule has 0 aliphatic carbocycles. The quantitative estimate of drug-likeness (QED) is 0.807. The van der Waals surface area contributed by atoms with Crippen LogP contribution in [0.25, 0.3) is 0 Å². The van der Waals surface area contributed by atoms with Gasteiger partial charge in [-0.05, 0) is 40.4 Å². The van der Waals surface area contributed by atoms with Crippen molar-refractivity contribution < 1.29 is 4.79 Å². The predicted octanol–water partition coefficient (Wildman–Crippen LogP) is 0.896. The van der Waals surface area contributed by atoms with Gasteiger partial charge in [0.2, 0.25) is 5.91 Å². The van der Waals surface area contributed by atoms with Crippen LogP contribution in [0.1, 0.15) is 19.8 Å². The first-order valence-corrected chi connectivity index (χ1v) is 5.76. The van der Waals surface area contributed by atoms with E-state index in [-0.39, 0.29) is 36.6 Å². The van der Waals surface area contributed by atoms with Gasteiger partial charge >= 0.3 is 0 Å². The van der Waals surface area contributed by atoms with Gasteiger partial charge in [-0.25, -0.2) is 0 Å². The molecule has 1 rings (SSSR count). The Bertz CT molecular complexity index is 209. The largest absolute Gasteiger partial charge is 0.354 e. The minimum absolute atomic E-state index is 0. The summed E-state index contributed by atoms with van der Waals surface area (Å²) in [7, 11) is 4.05. The van der Waals surface area contributed by atoms with Gasteiger partial charge < -0.3 is 15.5 Å². The van der Waals surface area contributed by atoms with Crippen molar-refractivity contribution in [1.82, 2.24) is 15.5 Å². The molecule has 0 aromatic carbocycles. The molecule has 0 aromatic heterocycles. The Labute approximate surface area is 117 Å². The zero-order valence-corrected chi connectivity index (χ0v) is 12.5. The Morgan fingerprint density at radius 1 is 1.47 bits per heavy atom. The van der Waals surface area contributed by atoms with Crippen molar-refractivity contribution in [2.75, 3.05) is 33.7 Å². The second-order valence-electron chi connectivity index (χ2n) is 4.60. The molecule has 2 atom stereocenters. The van der Waals surface area contributed by atoms with Crippen LogP contribution in [0.3, 0.4) is 0 Å². The van der Waals surface area contributed by atoms with E-state index in [0.717, 1.165) is 32.5 Å². The van der Waals surface area contributed by atoms with Gasteiger partial charge in [-0.2, -0.15) is 0 Å². The Balaban J connectivity index is 0. The maximum atomic E-state index is 11.8. The van der Waals surface area contributed by atoms with E-state index in [1.807, 2.05) is 14.1 Å². The lowest BCUT2D eigenvalue weighted by molar-refractivity contribution is -0.125. The number of piperidine rings is 1. The second kappa shape index (κ2) is 9.95. The number of rotatable bonds is 4. The lowest BCUT2D eigenvalue weighted by atomic mass is 9.99. The van der Waals surface area contributed by atoms with Gasteiger partial charge in [-0.1, -0.05) is 0 Å². The molecule has 1 aliphatic rings. The van der Waals surface area contributed by atoms with Gasteiger partial charge in [0.1, 0.15) is 0 Å². The molecule has 0 bridgehead atoms. The monoisotopic (exact) mass is 285 g/mol. The van der Waals surface area contributed by atoms with Gasteiger partial charge in [-0.3, -0.25) is 4.79 Å². The van der Waals surface area contributed by atoms with Crippen molar-refractivity contribution in [3.05, 3.63) is 0 Å². The minimum Gasteiger partial charge on any atom is -0.354 e. The SMILES string of the molecule is CC(CNC(=O)C1CCCNC1)N(C)C.Cl.Cl. The maximum absolute atomic E-state index is 11.8. The maximum Gasteiger partial charge on any atom is 0.224 e. The van der Waals surface area contributed by atoms with E-state index in [9.17, 15) is 4.79 Å². The van der Waals surface area contributed by atoms with Crippen LogP contribution in [0, 0.1) is 5.92 Å². The number of amides is 1. The molecule has 0 radical (unpaired) electrons. The van der Waals surface area contributed by atoms with E-state index in [2.05, 4.69) is 22.5 Å². The summed E-state index contributed by atoms with van der Waals surface area (Å²) >= 11 is 0. The van der Waals surface area contributed by atoms with Crippen LogP contribution >= 0.6 is 24.8 Å². The summed E-state index contributed by atoms with van der Waals surface area (Å²) in [6, 6.07) is 0.394. The number of hydrogen-bond donors (Lipinski definition) is 2. The normalized spacial score (nSPS) is 21.1. The number of hydrogen-bond acceptors (Lipinski definition) is 3. The molecule has 1 saturated heterocycles.